The van der Waals surface area contributed by atoms with E-state index in [9.17, 15) is 31.9 Å². The quantitative estimate of drug-likeness (QED) is 0.630. The zero-order chi connectivity index (χ0) is 23.4. The topological polar surface area (TPSA) is 103 Å². The van der Waals surface area contributed by atoms with E-state index in [1.54, 1.807) is 0 Å². The third-order valence-electron chi connectivity index (χ3n) is 4.88. The number of nitrogens with zero attached hydrogens (tertiary/aromatic N) is 3. The van der Waals surface area contributed by atoms with Gasteiger partial charge in [-0.2, -0.15) is 8.78 Å². The summed E-state index contributed by atoms with van der Waals surface area (Å²) in [6.45, 7) is 0.0809. The van der Waals surface area contributed by atoms with Crippen LogP contribution >= 0.6 is 0 Å². The van der Waals surface area contributed by atoms with Crippen LogP contribution in [0.15, 0.2) is 12.1 Å². The summed E-state index contributed by atoms with van der Waals surface area (Å²) < 4.78 is 63.8. The fraction of sp³-hybridized carbons (Fsp3) is 0.500. The van der Waals surface area contributed by atoms with E-state index in [0.717, 1.165) is 17.0 Å². The minimum Gasteiger partial charge on any atom is -0.452 e. The molecule has 176 valence electrons. The van der Waals surface area contributed by atoms with Crippen LogP contribution in [-0.2, 0) is 14.3 Å². The van der Waals surface area contributed by atoms with Crippen LogP contribution in [-0.4, -0.2) is 82.0 Å². The van der Waals surface area contributed by atoms with Gasteiger partial charge in [-0.1, -0.05) is 0 Å². The average Bonchev–Trinajstić information content (AvgIpc) is 2.95. The van der Waals surface area contributed by atoms with Gasteiger partial charge in [0.05, 0.1) is 32.4 Å². The van der Waals surface area contributed by atoms with Gasteiger partial charge in [0.1, 0.15) is 11.8 Å². The van der Waals surface area contributed by atoms with Crippen LogP contribution in [0.2, 0.25) is 0 Å². The van der Waals surface area contributed by atoms with E-state index in [0.29, 0.717) is 0 Å². The minimum absolute atomic E-state index is 0.109. The van der Waals surface area contributed by atoms with Gasteiger partial charge >= 0.3 is 18.6 Å². The van der Waals surface area contributed by atoms with Crippen LogP contribution in [0, 0.1) is 11.6 Å². The van der Waals surface area contributed by atoms with Gasteiger partial charge in [0.25, 0.3) is 5.91 Å². The van der Waals surface area contributed by atoms with Gasteiger partial charge in [-0.3, -0.25) is 9.69 Å². The normalized spacial score (nSPS) is 19.1. The van der Waals surface area contributed by atoms with E-state index in [-0.39, 0.29) is 50.6 Å². The molecule has 0 radical (unpaired) electrons. The van der Waals surface area contributed by atoms with Crippen LogP contribution in [0.5, 0.6) is 0 Å². The van der Waals surface area contributed by atoms with Gasteiger partial charge in [-0.25, -0.2) is 28.8 Å². The van der Waals surface area contributed by atoms with Gasteiger partial charge < -0.3 is 19.7 Å². The number of hydrogen-bond donors (Lipinski definition) is 2. The highest BCUT2D eigenvalue weighted by atomic mass is 19.3. The van der Waals surface area contributed by atoms with Crippen LogP contribution in [0.3, 0.4) is 0 Å². The number of hydrogen-bond acceptors (Lipinski definition) is 7. The first kappa shape index (κ1) is 23.4. The Kier molecular flexibility index (Phi) is 7.22. The summed E-state index contributed by atoms with van der Waals surface area (Å²) in [5.41, 5.74) is 2.34. The fourth-order valence-corrected chi connectivity index (χ4v) is 3.36. The Hall–Kier alpha value is -3.29. The number of methoxy groups -OCH3 is 1. The van der Waals surface area contributed by atoms with E-state index in [1.807, 2.05) is 5.32 Å². The Morgan fingerprint density at radius 1 is 1.25 bits per heavy atom. The monoisotopic (exact) mass is 463 g/mol. The fourth-order valence-electron chi connectivity index (χ4n) is 3.36. The van der Waals surface area contributed by atoms with Crippen LogP contribution < -0.4 is 20.5 Å². The number of benzene rings is 1. The maximum absolute atomic E-state index is 14.8. The molecule has 3 amide bonds. The second-order valence-corrected chi connectivity index (χ2v) is 6.94. The van der Waals surface area contributed by atoms with Crippen molar-refractivity contribution in [2.45, 2.75) is 12.5 Å². The van der Waals surface area contributed by atoms with Gasteiger partial charge in [0.15, 0.2) is 11.6 Å². The molecule has 1 aromatic carbocycles. The molecule has 3 rings (SSSR count). The maximum Gasteiger partial charge on any atom is 0.424 e. The van der Waals surface area contributed by atoms with Gasteiger partial charge in [0.2, 0.25) is 0 Å². The van der Waals surface area contributed by atoms with Crippen molar-refractivity contribution in [3.8, 4) is 0 Å². The van der Waals surface area contributed by atoms with E-state index >= 15 is 0 Å². The number of carbonyl (C=O) groups is 3. The summed E-state index contributed by atoms with van der Waals surface area (Å²) in [6, 6.07) is 1.91. The highest BCUT2D eigenvalue weighted by Gasteiger charge is 2.34. The number of nitrogens with one attached hydrogen (secondary N) is 2. The molecule has 0 unspecified atom stereocenters. The number of ether oxygens (including phenoxy) is 2. The third-order valence-corrected chi connectivity index (χ3v) is 4.88. The molecule has 32 heavy (non-hydrogen) atoms. The highest BCUT2D eigenvalue weighted by molar-refractivity contribution is 5.90. The number of halogens is 4. The van der Waals surface area contributed by atoms with Crippen molar-refractivity contribution in [3.63, 3.8) is 0 Å². The van der Waals surface area contributed by atoms with Gasteiger partial charge in [-0.15, -0.1) is 0 Å². The molecular weight excluding hydrogens is 442 g/mol. The van der Waals surface area contributed by atoms with Crippen LogP contribution in [0.1, 0.15) is 0 Å². The highest BCUT2D eigenvalue weighted by Crippen LogP contribution is 2.31. The Morgan fingerprint density at radius 3 is 2.56 bits per heavy atom. The van der Waals surface area contributed by atoms with Gasteiger partial charge in [-0.05, 0) is 0 Å². The third kappa shape index (κ3) is 5.12. The van der Waals surface area contributed by atoms with Crippen molar-refractivity contribution >= 4 is 29.5 Å². The predicted molar refractivity (Wildman–Crippen MR) is 102 cm³/mol. The average molecular weight is 463 g/mol. The molecule has 0 aliphatic carbocycles. The number of cyclic esters (lactones) is 1. The molecule has 0 spiro atoms. The van der Waals surface area contributed by atoms with Crippen molar-refractivity contribution in [2.24, 2.45) is 0 Å². The number of hydrazine groups is 1. The van der Waals surface area contributed by atoms with E-state index in [2.05, 4.69) is 10.2 Å². The molecule has 2 aliphatic rings. The van der Waals surface area contributed by atoms with Crippen LogP contribution in [0.25, 0.3) is 0 Å². The Balaban J connectivity index is 1.70. The second kappa shape index (κ2) is 9.89. The first-order valence-electron chi connectivity index (χ1n) is 9.58. The lowest BCUT2D eigenvalue weighted by Gasteiger charge is -2.24. The standard InChI is InChI=1S/C18H21F4N5O5/c1-31-18(30)27-5-4-25(3-2-24-27)14-12(19)6-10(7-13(14)20)26-9-11(32-17(26)29)8-23-16(28)15(21)22/h6-7,11,15,24H,2-5,8-9H2,1H3,(H,23,28)/t11-/m0/s1. The summed E-state index contributed by atoms with van der Waals surface area (Å²) in [5.74, 6) is -3.39. The molecule has 2 N–H and O–H groups in total. The lowest BCUT2D eigenvalue weighted by molar-refractivity contribution is -0.132. The lowest BCUT2D eigenvalue weighted by Crippen LogP contribution is -2.43. The van der Waals surface area contributed by atoms with Crippen molar-refractivity contribution in [2.75, 3.05) is 56.2 Å². The molecule has 0 saturated carbocycles. The van der Waals surface area contributed by atoms with Crippen molar-refractivity contribution in [1.29, 1.82) is 0 Å². The first-order valence-corrected chi connectivity index (χ1v) is 9.58. The molecule has 10 nitrogen and oxygen atoms in total. The molecule has 2 fully saturated rings. The largest absolute Gasteiger partial charge is 0.452 e. The van der Waals surface area contributed by atoms with Crippen molar-refractivity contribution < 1.29 is 41.4 Å². The first-order chi connectivity index (χ1) is 15.2. The molecule has 1 atom stereocenters. The Morgan fingerprint density at radius 2 is 1.94 bits per heavy atom. The molecule has 2 heterocycles. The smallest absolute Gasteiger partial charge is 0.424 e. The second-order valence-electron chi connectivity index (χ2n) is 6.94. The maximum atomic E-state index is 14.8. The van der Waals surface area contributed by atoms with Gasteiger partial charge in [0, 0.05) is 31.8 Å². The SMILES string of the molecule is COC(=O)N1CCN(c2c(F)cc(N3C[C@H](CNC(=O)C(F)F)OC3=O)cc2F)CCN1. The molecule has 0 aromatic heterocycles. The molecular formula is C18H21F4N5O5. The van der Waals surface area contributed by atoms with Crippen molar-refractivity contribution in [1.82, 2.24) is 15.8 Å². The number of anilines is 2. The van der Waals surface area contributed by atoms with E-state index in [4.69, 9.17) is 4.74 Å². The Bertz CT molecular complexity index is 866. The number of carbonyl (C=O) groups excluding carboxylic acids is 3. The molecule has 2 aliphatic heterocycles. The number of alkyl halides is 2. The minimum atomic E-state index is -3.21. The zero-order valence-electron chi connectivity index (χ0n) is 16.9. The van der Waals surface area contributed by atoms with Crippen molar-refractivity contribution in [3.05, 3.63) is 23.8 Å². The summed E-state index contributed by atoms with van der Waals surface area (Å²) in [7, 11) is 1.21. The molecule has 14 heteroatoms. The summed E-state index contributed by atoms with van der Waals surface area (Å²) in [6.07, 6.45) is -5.74. The van der Waals surface area contributed by atoms with Crippen LogP contribution in [0.4, 0.5) is 38.5 Å². The summed E-state index contributed by atoms with van der Waals surface area (Å²) in [5, 5.41) is 3.11. The molecule has 1 aromatic rings. The summed E-state index contributed by atoms with van der Waals surface area (Å²) >= 11 is 0. The predicted octanol–water partition coefficient (Wildman–Crippen LogP) is 1.06. The number of amides is 3. The number of rotatable bonds is 5. The molecule has 2 saturated heterocycles. The zero-order valence-corrected chi connectivity index (χ0v) is 16.9. The van der Waals surface area contributed by atoms with E-state index < -0.39 is 42.3 Å². The molecule has 0 bridgehead atoms. The lowest BCUT2D eigenvalue weighted by atomic mass is 10.2. The van der Waals surface area contributed by atoms with E-state index in [1.165, 1.54) is 17.0 Å². The Labute approximate surface area is 180 Å². The summed E-state index contributed by atoms with van der Waals surface area (Å²) in [4.78, 5) is 37.0.